The third-order valence-electron chi connectivity index (χ3n) is 6.17. The van der Waals surface area contributed by atoms with Crippen molar-refractivity contribution in [1.82, 2.24) is 9.47 Å². The van der Waals surface area contributed by atoms with Crippen LogP contribution < -0.4 is 4.90 Å². The lowest BCUT2D eigenvalue weighted by molar-refractivity contribution is -0.132. The fourth-order valence-electron chi connectivity index (χ4n) is 4.31. The highest BCUT2D eigenvalue weighted by Crippen LogP contribution is 2.27. The fraction of sp³-hybridized carbons (Fsp3) is 0.308. The highest BCUT2D eigenvalue weighted by atomic mass is 16.2. The van der Waals surface area contributed by atoms with E-state index in [0.717, 1.165) is 24.3 Å². The summed E-state index contributed by atoms with van der Waals surface area (Å²) in [5.41, 5.74) is 4.22. The van der Waals surface area contributed by atoms with Gasteiger partial charge < -0.3 is 14.4 Å². The van der Waals surface area contributed by atoms with Crippen molar-refractivity contribution in [3.63, 3.8) is 0 Å². The van der Waals surface area contributed by atoms with E-state index >= 15 is 0 Å². The van der Waals surface area contributed by atoms with Crippen molar-refractivity contribution in [3.05, 3.63) is 89.7 Å². The lowest BCUT2D eigenvalue weighted by atomic mass is 9.98. The van der Waals surface area contributed by atoms with E-state index in [9.17, 15) is 9.59 Å². The number of aromatic nitrogens is 1. The molecule has 160 valence electrons. The second-order valence-electron chi connectivity index (χ2n) is 8.18. The first-order valence-electron chi connectivity index (χ1n) is 10.8. The Balaban J connectivity index is 1.42. The summed E-state index contributed by atoms with van der Waals surface area (Å²) in [5.74, 6) is 0.265. The summed E-state index contributed by atoms with van der Waals surface area (Å²) < 4.78 is 2.13. The molecule has 1 atom stereocenters. The van der Waals surface area contributed by atoms with E-state index in [1.807, 2.05) is 65.8 Å². The molecule has 31 heavy (non-hydrogen) atoms. The van der Waals surface area contributed by atoms with Gasteiger partial charge in [-0.25, -0.2) is 0 Å². The number of rotatable bonds is 6. The molecule has 1 fully saturated rings. The Labute approximate surface area is 183 Å². The monoisotopic (exact) mass is 415 g/mol. The maximum absolute atomic E-state index is 13.2. The van der Waals surface area contributed by atoms with Gasteiger partial charge in [-0.3, -0.25) is 9.59 Å². The molecule has 0 spiro atoms. The van der Waals surface area contributed by atoms with Crippen molar-refractivity contribution < 1.29 is 9.59 Å². The van der Waals surface area contributed by atoms with Crippen LogP contribution >= 0.6 is 0 Å². The molecule has 5 nitrogen and oxygen atoms in total. The summed E-state index contributed by atoms with van der Waals surface area (Å²) in [5, 5.41) is 0. The predicted octanol–water partition coefficient (Wildman–Crippen LogP) is 4.33. The predicted molar refractivity (Wildman–Crippen MR) is 124 cm³/mol. The Kier molecular flexibility index (Phi) is 6.21. The number of aryl methyl sites for hydroxylation is 1. The van der Waals surface area contributed by atoms with Crippen LogP contribution in [0.3, 0.4) is 0 Å². The highest BCUT2D eigenvalue weighted by Gasteiger charge is 2.25. The number of hydrogen-bond acceptors (Lipinski definition) is 3. The number of nitrogens with zero attached hydrogens (tertiary/aromatic N) is 3. The van der Waals surface area contributed by atoms with Crippen molar-refractivity contribution in [2.24, 2.45) is 0 Å². The average Bonchev–Trinajstić information content (AvgIpc) is 3.33. The molecule has 1 aliphatic rings. The molecule has 0 aliphatic carbocycles. The van der Waals surface area contributed by atoms with Gasteiger partial charge in [0.15, 0.2) is 5.78 Å². The molecule has 1 unspecified atom stereocenters. The van der Waals surface area contributed by atoms with Crippen molar-refractivity contribution in [3.8, 4) is 0 Å². The van der Waals surface area contributed by atoms with E-state index in [4.69, 9.17) is 0 Å². The van der Waals surface area contributed by atoms with E-state index in [0.29, 0.717) is 19.5 Å². The van der Waals surface area contributed by atoms with Gasteiger partial charge in [0.25, 0.3) is 0 Å². The van der Waals surface area contributed by atoms with Crippen LogP contribution in [0.15, 0.2) is 73.1 Å². The van der Waals surface area contributed by atoms with Gasteiger partial charge >= 0.3 is 0 Å². The lowest BCUT2D eigenvalue weighted by Gasteiger charge is -2.37. The fourth-order valence-corrected chi connectivity index (χ4v) is 4.31. The first kappa shape index (κ1) is 20.9. The van der Waals surface area contributed by atoms with E-state index in [-0.39, 0.29) is 17.7 Å². The van der Waals surface area contributed by atoms with E-state index in [1.54, 1.807) is 6.92 Å². The Morgan fingerprint density at radius 2 is 1.52 bits per heavy atom. The summed E-state index contributed by atoms with van der Waals surface area (Å²) >= 11 is 0. The standard InChI is InChI=1S/C26H29N3O2/c1-20-7-3-4-8-24(20)25(28-13-5-6-14-28)19-26(31)29-17-15-27(16-18-29)23-11-9-22(10-12-23)21(2)30/h3-14,25H,15-19H2,1-2H3. The van der Waals surface area contributed by atoms with Gasteiger partial charge in [-0.2, -0.15) is 0 Å². The molecule has 3 aromatic rings. The van der Waals surface area contributed by atoms with Crippen molar-refractivity contribution in [2.45, 2.75) is 26.3 Å². The van der Waals surface area contributed by atoms with Gasteiger partial charge in [-0.05, 0) is 61.4 Å². The first-order chi connectivity index (χ1) is 15.0. The minimum Gasteiger partial charge on any atom is -0.368 e. The van der Waals surface area contributed by atoms with Crippen molar-refractivity contribution >= 4 is 17.4 Å². The third-order valence-corrected chi connectivity index (χ3v) is 6.17. The summed E-state index contributed by atoms with van der Waals surface area (Å²) in [6.45, 7) is 6.69. The highest BCUT2D eigenvalue weighted by molar-refractivity contribution is 5.94. The van der Waals surface area contributed by atoms with E-state index < -0.39 is 0 Å². The van der Waals surface area contributed by atoms with Gasteiger partial charge in [-0.1, -0.05) is 24.3 Å². The van der Waals surface area contributed by atoms with E-state index in [2.05, 4.69) is 28.5 Å². The summed E-state index contributed by atoms with van der Waals surface area (Å²) in [6.07, 6.45) is 4.52. The quantitative estimate of drug-likeness (QED) is 0.563. The molecule has 0 saturated carbocycles. The number of ketones is 1. The first-order valence-corrected chi connectivity index (χ1v) is 10.8. The molecule has 5 heteroatoms. The lowest BCUT2D eigenvalue weighted by Crippen LogP contribution is -2.49. The Hall–Kier alpha value is -3.34. The molecular weight excluding hydrogens is 386 g/mol. The van der Waals surface area contributed by atoms with Crippen LogP contribution in [-0.4, -0.2) is 47.3 Å². The van der Waals surface area contributed by atoms with Gasteiger partial charge in [0.1, 0.15) is 0 Å². The maximum Gasteiger partial charge on any atom is 0.225 e. The third kappa shape index (κ3) is 4.71. The van der Waals surface area contributed by atoms with Crippen LogP contribution in [0.4, 0.5) is 5.69 Å². The molecule has 1 amide bonds. The zero-order valence-electron chi connectivity index (χ0n) is 18.2. The molecular formula is C26H29N3O2. The van der Waals surface area contributed by atoms with E-state index in [1.165, 1.54) is 11.1 Å². The maximum atomic E-state index is 13.2. The second-order valence-corrected chi connectivity index (χ2v) is 8.18. The normalized spacial score (nSPS) is 15.0. The van der Waals surface area contributed by atoms with Crippen molar-refractivity contribution in [1.29, 1.82) is 0 Å². The van der Waals surface area contributed by atoms with Crippen LogP contribution in [0.1, 0.15) is 40.9 Å². The largest absolute Gasteiger partial charge is 0.368 e. The number of piperazine rings is 1. The second kappa shape index (κ2) is 9.21. The summed E-state index contributed by atoms with van der Waals surface area (Å²) in [6, 6.07) is 20.1. The molecule has 1 aromatic heterocycles. The Bertz CT molecular complexity index is 1030. The minimum absolute atomic E-state index is 0.000791. The zero-order valence-corrected chi connectivity index (χ0v) is 18.2. The van der Waals surface area contributed by atoms with Crippen LogP contribution in [0.25, 0.3) is 0 Å². The van der Waals surface area contributed by atoms with Crippen LogP contribution in [-0.2, 0) is 4.79 Å². The molecule has 0 bridgehead atoms. The topological polar surface area (TPSA) is 45.6 Å². The number of anilines is 1. The molecule has 4 rings (SSSR count). The molecule has 2 aromatic carbocycles. The average molecular weight is 416 g/mol. The Morgan fingerprint density at radius 1 is 0.871 bits per heavy atom. The van der Waals surface area contributed by atoms with Crippen molar-refractivity contribution in [2.75, 3.05) is 31.1 Å². The molecule has 1 saturated heterocycles. The number of hydrogen-bond donors (Lipinski definition) is 0. The molecule has 0 radical (unpaired) electrons. The molecule has 2 heterocycles. The van der Waals surface area contributed by atoms with Gasteiger partial charge in [0, 0.05) is 49.8 Å². The number of amides is 1. The summed E-state index contributed by atoms with van der Waals surface area (Å²) in [7, 11) is 0. The number of benzene rings is 2. The van der Waals surface area contributed by atoms with Gasteiger partial charge in [-0.15, -0.1) is 0 Å². The number of Topliss-reactive ketones (excluding diaryl/α,β-unsaturated/α-hetero) is 1. The van der Waals surface area contributed by atoms with Crippen LogP contribution in [0.2, 0.25) is 0 Å². The smallest absolute Gasteiger partial charge is 0.225 e. The number of carbonyl (C=O) groups excluding carboxylic acids is 2. The van der Waals surface area contributed by atoms with Crippen LogP contribution in [0, 0.1) is 6.92 Å². The van der Waals surface area contributed by atoms with Gasteiger partial charge in [0.05, 0.1) is 12.5 Å². The SMILES string of the molecule is CC(=O)c1ccc(N2CCN(C(=O)CC(c3ccccc3C)n3cccc3)CC2)cc1. The Morgan fingerprint density at radius 3 is 2.13 bits per heavy atom. The molecule has 0 N–H and O–H groups in total. The zero-order chi connectivity index (χ0) is 21.8. The molecule has 1 aliphatic heterocycles. The van der Waals surface area contributed by atoms with Gasteiger partial charge in [0.2, 0.25) is 5.91 Å². The van der Waals surface area contributed by atoms with Crippen LogP contribution in [0.5, 0.6) is 0 Å². The minimum atomic E-state index is 0.000791. The summed E-state index contributed by atoms with van der Waals surface area (Å²) in [4.78, 5) is 29.0. The number of carbonyl (C=O) groups is 2.